The highest BCUT2D eigenvalue weighted by atomic mass is 16.5. The van der Waals surface area contributed by atoms with Gasteiger partial charge >= 0.3 is 0 Å². The van der Waals surface area contributed by atoms with Crippen molar-refractivity contribution in [3.63, 3.8) is 0 Å². The van der Waals surface area contributed by atoms with Gasteiger partial charge < -0.3 is 19.1 Å². The summed E-state index contributed by atoms with van der Waals surface area (Å²) >= 11 is 0. The molecule has 2 aliphatic heterocycles. The summed E-state index contributed by atoms with van der Waals surface area (Å²) in [6, 6.07) is 9.66. The molecule has 2 amide bonds. The Labute approximate surface area is 170 Å². The highest BCUT2D eigenvalue weighted by Crippen LogP contribution is 2.32. The van der Waals surface area contributed by atoms with Crippen LogP contribution >= 0.6 is 0 Å². The summed E-state index contributed by atoms with van der Waals surface area (Å²) in [5.74, 6) is 0.845. The Morgan fingerprint density at radius 1 is 1.21 bits per heavy atom. The first-order chi connectivity index (χ1) is 14.0. The molecule has 1 unspecified atom stereocenters. The standard InChI is InChI=1S/C22H27N3O4/c1-16-19(17(2)29-23-16)9-10-20(26)24-12-6-11-22(14-24)15-25(21(27)13-28-22)18-7-4-3-5-8-18/h3-5,7-8H,6,9-15H2,1-2H3. The Hall–Kier alpha value is -2.67. The molecule has 0 radical (unpaired) electrons. The Balaban J connectivity index is 1.43. The molecule has 0 aliphatic carbocycles. The molecule has 1 atom stereocenters. The normalized spacial score (nSPS) is 22.3. The number of nitrogens with zero attached hydrogens (tertiary/aromatic N) is 3. The molecule has 4 rings (SSSR count). The predicted molar refractivity (Wildman–Crippen MR) is 108 cm³/mol. The molecule has 2 aliphatic rings. The molecule has 1 aromatic carbocycles. The summed E-state index contributed by atoms with van der Waals surface area (Å²) in [5, 5.41) is 3.96. The van der Waals surface area contributed by atoms with Crippen molar-refractivity contribution in [2.45, 2.75) is 45.1 Å². The van der Waals surface area contributed by atoms with Gasteiger partial charge in [-0.3, -0.25) is 9.59 Å². The molecular formula is C22H27N3O4. The lowest BCUT2D eigenvalue weighted by atomic mass is 9.90. The zero-order chi connectivity index (χ0) is 20.4. The Kier molecular flexibility index (Phi) is 5.41. The van der Waals surface area contributed by atoms with E-state index in [-0.39, 0.29) is 18.4 Å². The average Bonchev–Trinajstić information content (AvgIpc) is 3.06. The Bertz CT molecular complexity index is 875. The van der Waals surface area contributed by atoms with E-state index in [2.05, 4.69) is 5.16 Å². The van der Waals surface area contributed by atoms with Gasteiger partial charge in [0.15, 0.2) is 0 Å². The van der Waals surface area contributed by atoms with E-state index in [1.807, 2.05) is 49.1 Å². The molecule has 0 bridgehead atoms. The SMILES string of the molecule is Cc1noc(C)c1CCC(=O)N1CCCC2(C1)CN(c1ccccc1)C(=O)CO2. The quantitative estimate of drug-likeness (QED) is 0.793. The first-order valence-electron chi connectivity index (χ1n) is 10.2. The summed E-state index contributed by atoms with van der Waals surface area (Å²) in [6.45, 7) is 5.55. The van der Waals surface area contributed by atoms with Crippen molar-refractivity contribution >= 4 is 17.5 Å². The van der Waals surface area contributed by atoms with E-state index in [0.29, 0.717) is 25.9 Å². The molecule has 1 spiro atoms. The van der Waals surface area contributed by atoms with E-state index in [1.54, 1.807) is 4.90 Å². The second-order valence-electron chi connectivity index (χ2n) is 8.01. The van der Waals surface area contributed by atoms with E-state index in [0.717, 1.165) is 42.1 Å². The maximum atomic E-state index is 12.9. The first kappa shape index (κ1) is 19.6. The van der Waals surface area contributed by atoms with Gasteiger partial charge in [0.25, 0.3) is 5.91 Å². The summed E-state index contributed by atoms with van der Waals surface area (Å²) in [4.78, 5) is 29.0. The number of anilines is 1. The highest BCUT2D eigenvalue weighted by molar-refractivity contribution is 5.95. The van der Waals surface area contributed by atoms with Crippen LogP contribution in [0.15, 0.2) is 34.9 Å². The number of hydrogen-bond acceptors (Lipinski definition) is 5. The van der Waals surface area contributed by atoms with Crippen molar-refractivity contribution in [3.8, 4) is 0 Å². The number of aromatic nitrogens is 1. The first-order valence-corrected chi connectivity index (χ1v) is 10.2. The van der Waals surface area contributed by atoms with Crippen LogP contribution in [0.2, 0.25) is 0 Å². The van der Waals surface area contributed by atoms with Crippen LogP contribution in [0.4, 0.5) is 5.69 Å². The smallest absolute Gasteiger partial charge is 0.253 e. The van der Waals surface area contributed by atoms with E-state index < -0.39 is 5.60 Å². The minimum absolute atomic E-state index is 0.0383. The van der Waals surface area contributed by atoms with Gasteiger partial charge in [0.1, 0.15) is 18.0 Å². The maximum absolute atomic E-state index is 12.9. The van der Waals surface area contributed by atoms with Crippen LogP contribution in [-0.2, 0) is 20.7 Å². The van der Waals surface area contributed by atoms with Crippen molar-refractivity contribution in [3.05, 3.63) is 47.3 Å². The number of carbonyl (C=O) groups excluding carboxylic acids is 2. The average molecular weight is 397 g/mol. The second-order valence-corrected chi connectivity index (χ2v) is 8.01. The lowest BCUT2D eigenvalue weighted by Crippen LogP contribution is -2.62. The van der Waals surface area contributed by atoms with Crippen LogP contribution in [-0.4, -0.2) is 53.7 Å². The predicted octanol–water partition coefficient (Wildman–Crippen LogP) is 2.65. The number of benzene rings is 1. The molecule has 7 heteroatoms. The minimum Gasteiger partial charge on any atom is -0.361 e. The van der Waals surface area contributed by atoms with Gasteiger partial charge in [-0.1, -0.05) is 23.4 Å². The van der Waals surface area contributed by atoms with Crippen molar-refractivity contribution < 1.29 is 18.8 Å². The number of carbonyl (C=O) groups is 2. The topological polar surface area (TPSA) is 75.9 Å². The summed E-state index contributed by atoms with van der Waals surface area (Å²) in [6.07, 6.45) is 2.75. The number of piperidine rings is 1. The van der Waals surface area contributed by atoms with Gasteiger partial charge in [0.2, 0.25) is 5.91 Å². The molecule has 1 aromatic heterocycles. The molecule has 3 heterocycles. The van der Waals surface area contributed by atoms with Crippen LogP contribution in [0, 0.1) is 13.8 Å². The van der Waals surface area contributed by atoms with Crippen LogP contribution in [0.1, 0.15) is 36.3 Å². The fourth-order valence-corrected chi connectivity index (χ4v) is 4.36. The number of amides is 2. The van der Waals surface area contributed by atoms with Crippen molar-refractivity contribution in [2.75, 3.05) is 31.1 Å². The summed E-state index contributed by atoms with van der Waals surface area (Å²) < 4.78 is 11.2. The number of morpholine rings is 1. The van der Waals surface area contributed by atoms with Gasteiger partial charge in [-0.15, -0.1) is 0 Å². The van der Waals surface area contributed by atoms with Crippen molar-refractivity contribution in [2.24, 2.45) is 0 Å². The number of aryl methyl sites for hydroxylation is 2. The van der Waals surface area contributed by atoms with Gasteiger partial charge in [0, 0.05) is 24.2 Å². The van der Waals surface area contributed by atoms with E-state index in [1.165, 1.54) is 0 Å². The number of rotatable bonds is 4. The van der Waals surface area contributed by atoms with Gasteiger partial charge in [-0.2, -0.15) is 0 Å². The largest absolute Gasteiger partial charge is 0.361 e. The van der Waals surface area contributed by atoms with Crippen molar-refractivity contribution in [1.29, 1.82) is 0 Å². The molecule has 0 saturated carbocycles. The number of likely N-dealkylation sites (tertiary alicyclic amines) is 1. The lowest BCUT2D eigenvalue weighted by molar-refractivity contribution is -0.153. The third-order valence-corrected chi connectivity index (χ3v) is 5.98. The summed E-state index contributed by atoms with van der Waals surface area (Å²) in [7, 11) is 0. The second kappa shape index (κ2) is 7.99. The molecule has 0 N–H and O–H groups in total. The molecule has 7 nitrogen and oxygen atoms in total. The van der Waals surface area contributed by atoms with Gasteiger partial charge in [-0.25, -0.2) is 0 Å². The number of hydrogen-bond donors (Lipinski definition) is 0. The molecular weight excluding hydrogens is 370 g/mol. The molecule has 154 valence electrons. The van der Waals surface area contributed by atoms with E-state index in [9.17, 15) is 9.59 Å². The fourth-order valence-electron chi connectivity index (χ4n) is 4.36. The van der Waals surface area contributed by atoms with Gasteiger partial charge in [0.05, 0.1) is 18.8 Å². The Morgan fingerprint density at radius 3 is 2.72 bits per heavy atom. The van der Waals surface area contributed by atoms with Crippen LogP contribution < -0.4 is 4.90 Å². The van der Waals surface area contributed by atoms with Crippen molar-refractivity contribution in [1.82, 2.24) is 10.1 Å². The fraction of sp³-hybridized carbons (Fsp3) is 0.500. The molecule has 2 aromatic rings. The number of ether oxygens (including phenoxy) is 1. The highest BCUT2D eigenvalue weighted by Gasteiger charge is 2.44. The Morgan fingerprint density at radius 2 is 2.00 bits per heavy atom. The zero-order valence-electron chi connectivity index (χ0n) is 17.0. The molecule has 2 fully saturated rings. The van der Waals surface area contributed by atoms with Gasteiger partial charge in [-0.05, 0) is 45.2 Å². The third-order valence-electron chi connectivity index (χ3n) is 5.98. The molecule has 2 saturated heterocycles. The molecule has 29 heavy (non-hydrogen) atoms. The monoisotopic (exact) mass is 397 g/mol. The van der Waals surface area contributed by atoms with E-state index in [4.69, 9.17) is 9.26 Å². The maximum Gasteiger partial charge on any atom is 0.253 e. The van der Waals surface area contributed by atoms with E-state index >= 15 is 0 Å². The van der Waals surface area contributed by atoms with Crippen LogP contribution in [0.25, 0.3) is 0 Å². The minimum atomic E-state index is -0.499. The van der Waals surface area contributed by atoms with Crippen LogP contribution in [0.5, 0.6) is 0 Å². The zero-order valence-corrected chi connectivity index (χ0v) is 17.0. The van der Waals surface area contributed by atoms with Crippen LogP contribution in [0.3, 0.4) is 0 Å². The lowest BCUT2D eigenvalue weighted by Gasteiger charge is -2.47. The summed E-state index contributed by atoms with van der Waals surface area (Å²) in [5.41, 5.74) is 2.24. The third kappa shape index (κ3) is 4.05. The number of para-hydroxylation sites is 1.